The van der Waals surface area contributed by atoms with Crippen molar-refractivity contribution in [2.24, 2.45) is 10.4 Å². The van der Waals surface area contributed by atoms with Crippen molar-refractivity contribution in [1.82, 2.24) is 15.5 Å². The highest BCUT2D eigenvalue weighted by molar-refractivity contribution is 14.0. The maximum atomic E-state index is 11.5. The third-order valence-electron chi connectivity index (χ3n) is 4.15. The summed E-state index contributed by atoms with van der Waals surface area (Å²) >= 11 is 0. The van der Waals surface area contributed by atoms with Crippen molar-refractivity contribution < 1.29 is 4.79 Å². The van der Waals surface area contributed by atoms with Crippen molar-refractivity contribution in [2.45, 2.75) is 39.0 Å². The zero-order chi connectivity index (χ0) is 14.3. The van der Waals surface area contributed by atoms with Gasteiger partial charge in [-0.1, -0.05) is 13.3 Å². The van der Waals surface area contributed by atoms with Gasteiger partial charge in [0.25, 0.3) is 0 Å². The van der Waals surface area contributed by atoms with E-state index in [2.05, 4.69) is 22.5 Å². The molecule has 0 radical (unpaired) electrons. The Balaban J connectivity index is 0.00000361. The minimum absolute atomic E-state index is 0. The Kier molecular flexibility index (Phi) is 9.16. The number of carbonyl (C=O) groups excluding carboxylic acids is 1. The minimum Gasteiger partial charge on any atom is -0.356 e. The summed E-state index contributed by atoms with van der Waals surface area (Å²) in [6, 6.07) is 0. The molecule has 0 aromatic heterocycles. The normalized spacial score (nSPS) is 16.7. The van der Waals surface area contributed by atoms with Crippen LogP contribution >= 0.6 is 24.0 Å². The molecular formula is C14H29IN4O. The number of nitrogens with zero attached hydrogens (tertiary/aromatic N) is 2. The quantitative estimate of drug-likeness (QED) is 0.409. The summed E-state index contributed by atoms with van der Waals surface area (Å²) in [4.78, 5) is 17.3. The lowest BCUT2D eigenvalue weighted by molar-refractivity contribution is -0.128. The van der Waals surface area contributed by atoms with Crippen LogP contribution in [0.1, 0.15) is 39.0 Å². The standard InChI is InChI=1S/C14H28N4O.HI/c1-5-14(8-6-9-14)11-17-13(15-2)16-10-7-12(19)18(3)4;/h5-11H2,1-4H3,(H2,15,16,17);1H. The number of hydrogen-bond acceptors (Lipinski definition) is 2. The van der Waals surface area contributed by atoms with E-state index in [0.29, 0.717) is 18.4 Å². The molecule has 0 aromatic carbocycles. The number of hydrogen-bond donors (Lipinski definition) is 2. The molecule has 1 amide bonds. The second-order valence-electron chi connectivity index (χ2n) is 5.60. The topological polar surface area (TPSA) is 56.7 Å². The number of amides is 1. The van der Waals surface area contributed by atoms with Crippen LogP contribution in [0.4, 0.5) is 0 Å². The summed E-state index contributed by atoms with van der Waals surface area (Å²) in [6.07, 6.45) is 5.68. The first-order chi connectivity index (χ1) is 9.03. The van der Waals surface area contributed by atoms with E-state index < -0.39 is 0 Å². The largest absolute Gasteiger partial charge is 0.356 e. The molecule has 0 atom stereocenters. The third kappa shape index (κ3) is 5.85. The van der Waals surface area contributed by atoms with E-state index in [9.17, 15) is 4.79 Å². The lowest BCUT2D eigenvalue weighted by Crippen LogP contribution is -2.46. The van der Waals surface area contributed by atoms with Gasteiger partial charge in [-0.3, -0.25) is 9.79 Å². The average Bonchev–Trinajstić information content (AvgIpc) is 2.35. The predicted octanol–water partition coefficient (Wildman–Crippen LogP) is 1.83. The van der Waals surface area contributed by atoms with Gasteiger partial charge in [0.1, 0.15) is 0 Å². The van der Waals surface area contributed by atoms with E-state index in [4.69, 9.17) is 0 Å². The summed E-state index contributed by atoms with van der Waals surface area (Å²) in [5, 5.41) is 6.57. The van der Waals surface area contributed by atoms with Crippen LogP contribution in [-0.4, -0.2) is 51.0 Å². The molecule has 1 fully saturated rings. The molecule has 0 aliphatic heterocycles. The van der Waals surface area contributed by atoms with Crippen LogP contribution in [0.5, 0.6) is 0 Å². The molecule has 0 saturated heterocycles. The molecule has 1 aliphatic rings. The van der Waals surface area contributed by atoms with Gasteiger partial charge in [0.05, 0.1) is 0 Å². The van der Waals surface area contributed by atoms with Crippen LogP contribution in [0.25, 0.3) is 0 Å². The Bertz CT molecular complexity index is 322. The van der Waals surface area contributed by atoms with E-state index in [-0.39, 0.29) is 29.9 Å². The molecular weight excluding hydrogens is 367 g/mol. The second-order valence-corrected chi connectivity index (χ2v) is 5.60. The summed E-state index contributed by atoms with van der Waals surface area (Å²) < 4.78 is 0. The summed E-state index contributed by atoms with van der Waals surface area (Å²) in [6.45, 7) is 3.85. The predicted molar refractivity (Wildman–Crippen MR) is 94.7 cm³/mol. The van der Waals surface area contributed by atoms with Crippen LogP contribution in [-0.2, 0) is 4.79 Å². The van der Waals surface area contributed by atoms with Gasteiger partial charge < -0.3 is 15.5 Å². The van der Waals surface area contributed by atoms with Crippen molar-refractivity contribution in [3.8, 4) is 0 Å². The average molecular weight is 396 g/mol. The number of guanidine groups is 1. The smallest absolute Gasteiger partial charge is 0.223 e. The fraction of sp³-hybridized carbons (Fsp3) is 0.857. The lowest BCUT2D eigenvalue weighted by Gasteiger charge is -2.41. The maximum absolute atomic E-state index is 11.5. The van der Waals surface area contributed by atoms with Crippen LogP contribution in [0.15, 0.2) is 4.99 Å². The van der Waals surface area contributed by atoms with E-state index in [1.807, 2.05) is 0 Å². The highest BCUT2D eigenvalue weighted by atomic mass is 127. The van der Waals surface area contributed by atoms with Gasteiger partial charge in [-0.15, -0.1) is 24.0 Å². The van der Waals surface area contributed by atoms with Crippen molar-refractivity contribution in [3.63, 3.8) is 0 Å². The van der Waals surface area contributed by atoms with E-state index in [0.717, 1.165) is 12.5 Å². The Hall–Kier alpha value is -0.530. The molecule has 1 aliphatic carbocycles. The third-order valence-corrected chi connectivity index (χ3v) is 4.15. The first kappa shape index (κ1) is 19.5. The van der Waals surface area contributed by atoms with Gasteiger partial charge in [0.2, 0.25) is 5.91 Å². The van der Waals surface area contributed by atoms with Crippen molar-refractivity contribution >= 4 is 35.8 Å². The summed E-state index contributed by atoms with van der Waals surface area (Å²) in [7, 11) is 5.32. The first-order valence-electron chi connectivity index (χ1n) is 7.17. The number of halogens is 1. The van der Waals surface area contributed by atoms with Crippen LogP contribution in [0.3, 0.4) is 0 Å². The number of aliphatic imine (C=N–C) groups is 1. The zero-order valence-electron chi connectivity index (χ0n) is 13.2. The van der Waals surface area contributed by atoms with Gasteiger partial charge in [-0.25, -0.2) is 0 Å². The maximum Gasteiger partial charge on any atom is 0.223 e. The van der Waals surface area contributed by atoms with Gasteiger partial charge in [0.15, 0.2) is 5.96 Å². The van der Waals surface area contributed by atoms with E-state index >= 15 is 0 Å². The van der Waals surface area contributed by atoms with Gasteiger partial charge >= 0.3 is 0 Å². The molecule has 0 bridgehead atoms. The Labute approximate surface area is 140 Å². The highest BCUT2D eigenvalue weighted by Crippen LogP contribution is 2.42. The summed E-state index contributed by atoms with van der Waals surface area (Å²) in [5.41, 5.74) is 0.469. The van der Waals surface area contributed by atoms with E-state index in [1.54, 1.807) is 26.0 Å². The van der Waals surface area contributed by atoms with Gasteiger partial charge in [-0.2, -0.15) is 0 Å². The Morgan fingerprint density at radius 2 is 1.95 bits per heavy atom. The second kappa shape index (κ2) is 9.41. The highest BCUT2D eigenvalue weighted by Gasteiger charge is 2.34. The molecule has 6 heteroatoms. The number of carbonyl (C=O) groups is 1. The molecule has 0 spiro atoms. The van der Waals surface area contributed by atoms with Crippen molar-refractivity contribution in [3.05, 3.63) is 0 Å². The Morgan fingerprint density at radius 1 is 1.30 bits per heavy atom. The van der Waals surface area contributed by atoms with E-state index in [1.165, 1.54) is 25.7 Å². The molecule has 1 saturated carbocycles. The number of nitrogens with one attached hydrogen (secondary N) is 2. The molecule has 2 N–H and O–H groups in total. The SMILES string of the molecule is CCC1(CNC(=NC)NCCC(=O)N(C)C)CCC1.I. The first-order valence-corrected chi connectivity index (χ1v) is 7.17. The monoisotopic (exact) mass is 396 g/mol. The molecule has 0 heterocycles. The fourth-order valence-corrected chi connectivity index (χ4v) is 2.34. The van der Waals surface area contributed by atoms with Gasteiger partial charge in [0, 0.05) is 40.7 Å². The Morgan fingerprint density at radius 3 is 2.35 bits per heavy atom. The van der Waals surface area contributed by atoms with Crippen LogP contribution < -0.4 is 10.6 Å². The molecule has 0 unspecified atom stereocenters. The molecule has 5 nitrogen and oxygen atoms in total. The molecule has 1 rings (SSSR count). The van der Waals surface area contributed by atoms with Crippen molar-refractivity contribution in [2.75, 3.05) is 34.2 Å². The van der Waals surface area contributed by atoms with Crippen molar-refractivity contribution in [1.29, 1.82) is 0 Å². The molecule has 0 aromatic rings. The molecule has 20 heavy (non-hydrogen) atoms. The minimum atomic E-state index is 0. The lowest BCUT2D eigenvalue weighted by atomic mass is 9.67. The molecule has 118 valence electrons. The van der Waals surface area contributed by atoms with Gasteiger partial charge in [-0.05, 0) is 24.7 Å². The fourth-order valence-electron chi connectivity index (χ4n) is 2.34. The van der Waals surface area contributed by atoms with Crippen LogP contribution in [0, 0.1) is 5.41 Å². The van der Waals surface area contributed by atoms with Crippen LogP contribution in [0.2, 0.25) is 0 Å². The zero-order valence-corrected chi connectivity index (χ0v) is 15.5. The number of rotatable bonds is 6. The summed E-state index contributed by atoms with van der Waals surface area (Å²) in [5.74, 6) is 0.929.